The highest BCUT2D eigenvalue weighted by molar-refractivity contribution is 5.97. The number of likely N-dealkylation sites (tertiary alicyclic amines) is 1. The molecular formula is C20H23NO. The maximum absolute atomic E-state index is 12.5. The molecule has 1 aliphatic heterocycles. The topological polar surface area (TPSA) is 20.3 Å². The number of carbonyl (C=O) groups is 1. The van der Waals surface area contributed by atoms with Gasteiger partial charge in [-0.25, -0.2) is 0 Å². The van der Waals surface area contributed by atoms with Gasteiger partial charge in [-0.2, -0.15) is 0 Å². The molecule has 2 nitrogen and oxygen atoms in total. The van der Waals surface area contributed by atoms with Crippen molar-refractivity contribution in [3.63, 3.8) is 0 Å². The molecule has 2 heteroatoms. The van der Waals surface area contributed by atoms with Crippen LogP contribution in [-0.2, 0) is 0 Å². The van der Waals surface area contributed by atoms with Crippen molar-refractivity contribution in [2.75, 3.05) is 13.1 Å². The van der Waals surface area contributed by atoms with Gasteiger partial charge in [0.15, 0.2) is 5.78 Å². The Bertz CT molecular complexity index is 600. The van der Waals surface area contributed by atoms with Gasteiger partial charge in [-0.05, 0) is 38.4 Å². The highest BCUT2D eigenvalue weighted by Crippen LogP contribution is 2.28. The third kappa shape index (κ3) is 3.28. The highest BCUT2D eigenvalue weighted by Gasteiger charge is 2.28. The molecule has 2 aromatic carbocycles. The number of nitrogens with zero attached hydrogens (tertiary/aromatic N) is 1. The molecule has 22 heavy (non-hydrogen) atoms. The Kier molecular flexibility index (Phi) is 4.69. The summed E-state index contributed by atoms with van der Waals surface area (Å²) in [4.78, 5) is 15.0. The van der Waals surface area contributed by atoms with Crippen LogP contribution in [0.15, 0.2) is 60.7 Å². The largest absolute Gasteiger partial charge is 0.297 e. The molecule has 1 atom stereocenters. The maximum atomic E-state index is 12.5. The Morgan fingerprint density at radius 1 is 0.955 bits per heavy atom. The van der Waals surface area contributed by atoms with Crippen molar-refractivity contribution in [2.24, 2.45) is 5.92 Å². The summed E-state index contributed by atoms with van der Waals surface area (Å²) >= 11 is 0. The van der Waals surface area contributed by atoms with Gasteiger partial charge in [-0.3, -0.25) is 9.69 Å². The molecule has 3 rings (SSSR count). The Morgan fingerprint density at radius 3 is 2.09 bits per heavy atom. The summed E-state index contributed by atoms with van der Waals surface area (Å²) in [6.07, 6.45) is 1.93. The van der Waals surface area contributed by atoms with Crippen LogP contribution < -0.4 is 0 Å². The summed E-state index contributed by atoms with van der Waals surface area (Å²) in [5, 5.41) is 0. The molecule has 0 saturated carbocycles. The molecule has 1 fully saturated rings. The zero-order valence-electron chi connectivity index (χ0n) is 13.1. The molecule has 0 aliphatic carbocycles. The van der Waals surface area contributed by atoms with Gasteiger partial charge in [0, 0.05) is 17.5 Å². The van der Waals surface area contributed by atoms with Crippen LogP contribution in [0.25, 0.3) is 0 Å². The number of ketones is 1. The molecule has 114 valence electrons. The maximum Gasteiger partial charge on any atom is 0.166 e. The molecule has 1 aliphatic rings. The van der Waals surface area contributed by atoms with Crippen LogP contribution >= 0.6 is 0 Å². The van der Waals surface area contributed by atoms with E-state index in [0.29, 0.717) is 11.8 Å². The lowest BCUT2D eigenvalue weighted by atomic mass is 9.88. The lowest BCUT2D eigenvalue weighted by molar-refractivity contribution is 0.0802. The SMILES string of the molecule is CC(c1ccccc1)N1CCC(C(=O)c2ccccc2)CC1. The number of Topliss-reactive ketones (excluding diaryl/α,β-unsaturated/α-hetero) is 1. The average molecular weight is 293 g/mol. The van der Waals surface area contributed by atoms with Crippen molar-refractivity contribution in [3.8, 4) is 0 Å². The molecule has 0 N–H and O–H groups in total. The predicted octanol–water partition coefficient (Wildman–Crippen LogP) is 4.34. The lowest BCUT2D eigenvalue weighted by Gasteiger charge is -2.35. The second-order valence-electron chi connectivity index (χ2n) is 6.13. The van der Waals surface area contributed by atoms with Crippen LogP contribution in [0.1, 0.15) is 41.7 Å². The first kappa shape index (κ1) is 15.0. The third-order valence-electron chi connectivity index (χ3n) is 4.79. The fraction of sp³-hybridized carbons (Fsp3) is 0.350. The standard InChI is InChI=1S/C20H23NO/c1-16(17-8-4-2-5-9-17)21-14-12-19(13-15-21)20(22)18-10-6-3-7-11-18/h2-11,16,19H,12-15H2,1H3. The Morgan fingerprint density at radius 2 is 1.50 bits per heavy atom. The van der Waals surface area contributed by atoms with Crippen LogP contribution in [0.4, 0.5) is 0 Å². The molecule has 0 amide bonds. The van der Waals surface area contributed by atoms with Crippen molar-refractivity contribution < 1.29 is 4.79 Å². The van der Waals surface area contributed by atoms with Crippen LogP contribution in [0.5, 0.6) is 0 Å². The van der Waals surface area contributed by atoms with E-state index in [4.69, 9.17) is 0 Å². The number of benzene rings is 2. The molecule has 2 aromatic rings. The van der Waals surface area contributed by atoms with E-state index in [9.17, 15) is 4.79 Å². The minimum atomic E-state index is 0.182. The number of rotatable bonds is 4. The molecule has 1 unspecified atom stereocenters. The van der Waals surface area contributed by atoms with E-state index in [1.54, 1.807) is 0 Å². The summed E-state index contributed by atoms with van der Waals surface area (Å²) < 4.78 is 0. The molecular weight excluding hydrogens is 270 g/mol. The van der Waals surface area contributed by atoms with Crippen LogP contribution in [0.2, 0.25) is 0 Å². The van der Waals surface area contributed by atoms with Gasteiger partial charge in [0.1, 0.15) is 0 Å². The minimum absolute atomic E-state index is 0.182. The smallest absolute Gasteiger partial charge is 0.166 e. The first-order valence-corrected chi connectivity index (χ1v) is 8.14. The van der Waals surface area contributed by atoms with Crippen LogP contribution in [0, 0.1) is 5.92 Å². The molecule has 0 aromatic heterocycles. The lowest BCUT2D eigenvalue weighted by Crippen LogP contribution is -2.37. The fourth-order valence-corrected chi connectivity index (χ4v) is 3.33. The minimum Gasteiger partial charge on any atom is -0.297 e. The van der Waals surface area contributed by atoms with Gasteiger partial charge in [-0.15, -0.1) is 0 Å². The fourth-order valence-electron chi connectivity index (χ4n) is 3.33. The summed E-state index contributed by atoms with van der Waals surface area (Å²) in [5.74, 6) is 0.495. The Balaban J connectivity index is 1.60. The molecule has 1 heterocycles. The van der Waals surface area contributed by atoms with Gasteiger partial charge in [0.05, 0.1) is 0 Å². The highest BCUT2D eigenvalue weighted by atomic mass is 16.1. The first-order valence-electron chi connectivity index (χ1n) is 8.14. The zero-order chi connectivity index (χ0) is 15.4. The van der Waals surface area contributed by atoms with Gasteiger partial charge in [-0.1, -0.05) is 60.7 Å². The van der Waals surface area contributed by atoms with Crippen molar-refractivity contribution in [3.05, 3.63) is 71.8 Å². The van der Waals surface area contributed by atoms with Crippen molar-refractivity contribution >= 4 is 5.78 Å². The van der Waals surface area contributed by atoms with Gasteiger partial charge >= 0.3 is 0 Å². The second kappa shape index (κ2) is 6.89. The monoisotopic (exact) mass is 293 g/mol. The van der Waals surface area contributed by atoms with E-state index < -0.39 is 0 Å². The summed E-state index contributed by atoms with van der Waals surface area (Å²) in [6.45, 7) is 4.26. The molecule has 0 bridgehead atoms. The second-order valence-corrected chi connectivity index (χ2v) is 6.13. The number of hydrogen-bond acceptors (Lipinski definition) is 2. The molecule has 0 spiro atoms. The summed E-state index contributed by atoms with van der Waals surface area (Å²) in [7, 11) is 0. The quantitative estimate of drug-likeness (QED) is 0.781. The number of hydrogen-bond donors (Lipinski definition) is 0. The normalized spacial score (nSPS) is 18.0. The van der Waals surface area contributed by atoms with Gasteiger partial charge in [0.25, 0.3) is 0 Å². The predicted molar refractivity (Wildman–Crippen MR) is 89.9 cm³/mol. The van der Waals surface area contributed by atoms with E-state index in [-0.39, 0.29) is 5.92 Å². The number of carbonyl (C=O) groups excluding carboxylic acids is 1. The van der Waals surface area contributed by atoms with Crippen LogP contribution in [-0.4, -0.2) is 23.8 Å². The van der Waals surface area contributed by atoms with E-state index in [2.05, 4.69) is 42.2 Å². The van der Waals surface area contributed by atoms with E-state index in [0.717, 1.165) is 31.5 Å². The zero-order valence-corrected chi connectivity index (χ0v) is 13.1. The Labute approximate surface area is 132 Å². The summed E-state index contributed by atoms with van der Waals surface area (Å²) in [6, 6.07) is 20.8. The van der Waals surface area contributed by atoms with E-state index >= 15 is 0 Å². The van der Waals surface area contributed by atoms with Crippen LogP contribution in [0.3, 0.4) is 0 Å². The molecule has 0 radical (unpaired) electrons. The van der Waals surface area contributed by atoms with E-state index in [1.807, 2.05) is 30.3 Å². The first-order chi connectivity index (χ1) is 10.8. The van der Waals surface area contributed by atoms with Gasteiger partial charge < -0.3 is 0 Å². The number of piperidine rings is 1. The van der Waals surface area contributed by atoms with Crippen molar-refractivity contribution in [1.82, 2.24) is 4.90 Å². The molecule has 1 saturated heterocycles. The van der Waals surface area contributed by atoms with Crippen molar-refractivity contribution in [1.29, 1.82) is 0 Å². The average Bonchev–Trinajstić information content (AvgIpc) is 2.62. The van der Waals surface area contributed by atoms with E-state index in [1.165, 1.54) is 5.56 Å². The van der Waals surface area contributed by atoms with Crippen molar-refractivity contribution in [2.45, 2.75) is 25.8 Å². The Hall–Kier alpha value is -1.93. The summed E-state index contributed by atoms with van der Waals surface area (Å²) in [5.41, 5.74) is 2.22. The van der Waals surface area contributed by atoms with Gasteiger partial charge in [0.2, 0.25) is 0 Å². The third-order valence-corrected chi connectivity index (χ3v) is 4.79.